The molecule has 0 N–H and O–H groups in total. The van der Waals surface area contributed by atoms with Crippen molar-refractivity contribution in [2.24, 2.45) is 11.8 Å². The maximum Gasteiger partial charge on any atom is 0.253 e. The van der Waals surface area contributed by atoms with Gasteiger partial charge in [0.15, 0.2) is 0 Å². The third-order valence-electron chi connectivity index (χ3n) is 7.85. The van der Waals surface area contributed by atoms with Gasteiger partial charge in [-0.25, -0.2) is 0 Å². The van der Waals surface area contributed by atoms with E-state index in [-0.39, 0.29) is 5.91 Å². The molecule has 1 amide bonds. The summed E-state index contributed by atoms with van der Waals surface area (Å²) in [5.74, 6) is 2.46. The van der Waals surface area contributed by atoms with E-state index in [1.54, 1.807) is 0 Å². The lowest BCUT2D eigenvalue weighted by Crippen LogP contribution is -2.37. The van der Waals surface area contributed by atoms with Crippen molar-refractivity contribution in [1.29, 1.82) is 0 Å². The number of piperidine rings is 1. The topological polar surface area (TPSA) is 37.7 Å². The van der Waals surface area contributed by atoms with E-state index in [0.717, 1.165) is 69.8 Å². The van der Waals surface area contributed by atoms with E-state index in [1.165, 1.54) is 27.7 Å². The Kier molecular flexibility index (Phi) is 7.38. The lowest BCUT2D eigenvalue weighted by atomic mass is 9.98. The highest BCUT2D eigenvalue weighted by molar-refractivity contribution is 5.99. The summed E-state index contributed by atoms with van der Waals surface area (Å²) in [4.78, 5) is 18.0. The first kappa shape index (κ1) is 24.9. The standard InChI is InChI=1S/C31H41N3O2/c1-5-36-26-9-6-24(7-10-26)20-34-29-11-8-25(31(35)33-16-12-23(4)13-17-33)18-27(29)28-21-32(19-22(2)3)15-14-30(28)34/h6-11,18,22-23H,5,12-17,19-21H2,1-4H3. The monoisotopic (exact) mass is 487 g/mol. The van der Waals surface area contributed by atoms with Crippen molar-refractivity contribution in [2.45, 2.75) is 60.0 Å². The minimum Gasteiger partial charge on any atom is -0.494 e. The Morgan fingerprint density at radius 3 is 2.50 bits per heavy atom. The average molecular weight is 488 g/mol. The molecule has 0 aliphatic carbocycles. The Bertz CT molecular complexity index is 1200. The van der Waals surface area contributed by atoms with Crippen LogP contribution in [0.25, 0.3) is 10.9 Å². The summed E-state index contributed by atoms with van der Waals surface area (Å²) in [6.45, 7) is 15.3. The molecule has 0 unspecified atom stereocenters. The van der Waals surface area contributed by atoms with E-state index in [0.29, 0.717) is 18.4 Å². The molecule has 36 heavy (non-hydrogen) atoms. The Labute approximate surface area is 216 Å². The molecule has 0 radical (unpaired) electrons. The van der Waals surface area contributed by atoms with Gasteiger partial charge < -0.3 is 14.2 Å². The molecule has 2 aromatic carbocycles. The Morgan fingerprint density at radius 1 is 1.06 bits per heavy atom. The molecular weight excluding hydrogens is 446 g/mol. The molecule has 5 nitrogen and oxygen atoms in total. The second-order valence-electron chi connectivity index (χ2n) is 11.2. The molecule has 1 saturated heterocycles. The maximum absolute atomic E-state index is 13.4. The lowest BCUT2D eigenvalue weighted by Gasteiger charge is -2.30. The number of aromatic nitrogens is 1. The van der Waals surface area contributed by atoms with Crippen LogP contribution in [0.1, 0.15) is 67.7 Å². The molecule has 1 aromatic heterocycles. The smallest absolute Gasteiger partial charge is 0.253 e. The highest BCUT2D eigenvalue weighted by atomic mass is 16.5. The van der Waals surface area contributed by atoms with Crippen LogP contribution in [0.5, 0.6) is 5.75 Å². The molecule has 5 heteroatoms. The summed E-state index contributed by atoms with van der Waals surface area (Å²) in [5.41, 5.74) is 6.17. The average Bonchev–Trinajstić information content (AvgIpc) is 3.17. The molecule has 0 atom stereocenters. The number of carbonyl (C=O) groups is 1. The van der Waals surface area contributed by atoms with E-state index in [9.17, 15) is 4.79 Å². The summed E-state index contributed by atoms with van der Waals surface area (Å²) >= 11 is 0. The Morgan fingerprint density at radius 2 is 1.81 bits per heavy atom. The summed E-state index contributed by atoms with van der Waals surface area (Å²) in [6, 6.07) is 14.9. The number of nitrogens with zero attached hydrogens (tertiary/aromatic N) is 3. The number of rotatable bonds is 7. The van der Waals surface area contributed by atoms with Crippen LogP contribution in [-0.4, -0.2) is 53.1 Å². The zero-order valence-electron chi connectivity index (χ0n) is 22.4. The van der Waals surface area contributed by atoms with Gasteiger partial charge in [-0.15, -0.1) is 0 Å². The highest BCUT2D eigenvalue weighted by Crippen LogP contribution is 2.33. The molecule has 0 spiro atoms. The number of fused-ring (bicyclic) bond motifs is 3. The second kappa shape index (κ2) is 10.7. The van der Waals surface area contributed by atoms with Crippen molar-refractivity contribution >= 4 is 16.8 Å². The van der Waals surface area contributed by atoms with Crippen molar-refractivity contribution in [2.75, 3.05) is 32.8 Å². The molecule has 5 rings (SSSR count). The number of ether oxygens (including phenoxy) is 1. The molecule has 1 fully saturated rings. The van der Waals surface area contributed by atoms with E-state index < -0.39 is 0 Å². The van der Waals surface area contributed by atoms with Gasteiger partial charge in [0.2, 0.25) is 0 Å². The van der Waals surface area contributed by atoms with Crippen LogP contribution in [0, 0.1) is 11.8 Å². The van der Waals surface area contributed by atoms with Crippen molar-refractivity contribution < 1.29 is 9.53 Å². The van der Waals surface area contributed by atoms with Gasteiger partial charge in [-0.3, -0.25) is 9.69 Å². The van der Waals surface area contributed by atoms with Gasteiger partial charge in [0.1, 0.15) is 5.75 Å². The quantitative estimate of drug-likeness (QED) is 0.412. The fourth-order valence-corrected chi connectivity index (χ4v) is 5.93. The first-order chi connectivity index (χ1) is 17.4. The molecule has 2 aliphatic rings. The predicted molar refractivity (Wildman–Crippen MR) is 147 cm³/mol. The number of carbonyl (C=O) groups excluding carboxylic acids is 1. The van der Waals surface area contributed by atoms with Gasteiger partial charge in [0.05, 0.1) is 6.61 Å². The predicted octanol–water partition coefficient (Wildman–Crippen LogP) is 5.97. The van der Waals surface area contributed by atoms with Crippen molar-refractivity contribution in [3.05, 3.63) is 64.8 Å². The van der Waals surface area contributed by atoms with Crippen LogP contribution in [0.4, 0.5) is 0 Å². The molecule has 0 saturated carbocycles. The minimum absolute atomic E-state index is 0.187. The maximum atomic E-state index is 13.4. The van der Waals surface area contributed by atoms with Gasteiger partial charge >= 0.3 is 0 Å². The zero-order chi connectivity index (χ0) is 25.2. The molecule has 3 heterocycles. The van der Waals surface area contributed by atoms with Gasteiger partial charge in [0, 0.05) is 67.8 Å². The third kappa shape index (κ3) is 5.17. The fourth-order valence-electron chi connectivity index (χ4n) is 5.93. The number of likely N-dealkylation sites (tertiary alicyclic amines) is 1. The van der Waals surface area contributed by atoms with Crippen LogP contribution in [0.2, 0.25) is 0 Å². The largest absolute Gasteiger partial charge is 0.494 e. The minimum atomic E-state index is 0.187. The van der Waals surface area contributed by atoms with Gasteiger partial charge in [-0.2, -0.15) is 0 Å². The van der Waals surface area contributed by atoms with Crippen LogP contribution >= 0.6 is 0 Å². The van der Waals surface area contributed by atoms with Gasteiger partial charge in [0.25, 0.3) is 5.91 Å². The summed E-state index contributed by atoms with van der Waals surface area (Å²) in [6.07, 6.45) is 3.25. The third-order valence-corrected chi connectivity index (χ3v) is 7.85. The Hall–Kier alpha value is -2.79. The fraction of sp³-hybridized carbons (Fsp3) is 0.516. The number of benzene rings is 2. The van der Waals surface area contributed by atoms with Crippen LogP contribution in [0.15, 0.2) is 42.5 Å². The number of amides is 1. The van der Waals surface area contributed by atoms with E-state index in [4.69, 9.17) is 4.74 Å². The van der Waals surface area contributed by atoms with E-state index in [2.05, 4.69) is 77.6 Å². The molecule has 0 bridgehead atoms. The van der Waals surface area contributed by atoms with E-state index >= 15 is 0 Å². The van der Waals surface area contributed by atoms with Crippen LogP contribution < -0.4 is 4.74 Å². The highest BCUT2D eigenvalue weighted by Gasteiger charge is 2.27. The first-order valence-electron chi connectivity index (χ1n) is 13.8. The Balaban J connectivity index is 1.50. The molecular formula is C31H41N3O2. The SMILES string of the molecule is CCOc1ccc(Cn2c3c(c4cc(C(=O)N5CCC(C)CC5)ccc42)CN(CC(C)C)CC3)cc1. The van der Waals surface area contributed by atoms with Crippen LogP contribution in [-0.2, 0) is 19.5 Å². The van der Waals surface area contributed by atoms with Crippen molar-refractivity contribution in [3.8, 4) is 5.75 Å². The number of hydrogen-bond acceptors (Lipinski definition) is 3. The van der Waals surface area contributed by atoms with Gasteiger partial charge in [-0.1, -0.05) is 32.9 Å². The van der Waals surface area contributed by atoms with Crippen LogP contribution in [0.3, 0.4) is 0 Å². The number of hydrogen-bond donors (Lipinski definition) is 0. The lowest BCUT2D eigenvalue weighted by molar-refractivity contribution is 0.0697. The normalized spacial score (nSPS) is 17.1. The summed E-state index contributed by atoms with van der Waals surface area (Å²) in [7, 11) is 0. The van der Waals surface area contributed by atoms with Crippen molar-refractivity contribution in [3.63, 3.8) is 0 Å². The van der Waals surface area contributed by atoms with E-state index in [1.807, 2.05) is 6.92 Å². The molecule has 3 aromatic rings. The summed E-state index contributed by atoms with van der Waals surface area (Å²) in [5, 5.41) is 1.25. The molecule has 192 valence electrons. The molecule has 2 aliphatic heterocycles. The summed E-state index contributed by atoms with van der Waals surface area (Å²) < 4.78 is 8.13. The second-order valence-corrected chi connectivity index (χ2v) is 11.2. The zero-order valence-corrected chi connectivity index (χ0v) is 22.4. The van der Waals surface area contributed by atoms with Crippen molar-refractivity contribution in [1.82, 2.24) is 14.4 Å². The van der Waals surface area contributed by atoms with Gasteiger partial charge in [-0.05, 0) is 73.1 Å². The first-order valence-corrected chi connectivity index (χ1v) is 13.8.